The van der Waals surface area contributed by atoms with Crippen LogP contribution in [0.25, 0.3) is 0 Å². The van der Waals surface area contributed by atoms with E-state index in [4.69, 9.17) is 0 Å². The first kappa shape index (κ1) is 8.40. The van der Waals surface area contributed by atoms with E-state index in [-0.39, 0.29) is 0 Å². The molecule has 0 amide bonds. The van der Waals surface area contributed by atoms with Crippen molar-refractivity contribution in [1.82, 2.24) is 0 Å². The van der Waals surface area contributed by atoms with E-state index in [2.05, 4.69) is 23.9 Å². The summed E-state index contributed by atoms with van der Waals surface area (Å²) in [5.41, 5.74) is 1.48. The summed E-state index contributed by atoms with van der Waals surface area (Å²) >= 11 is 2.23. The van der Waals surface area contributed by atoms with Gasteiger partial charge >= 0.3 is 0 Å². The molecule has 0 bridgehead atoms. The average molecular weight is 194 g/mol. The zero-order valence-corrected chi connectivity index (χ0v) is 9.04. The van der Waals surface area contributed by atoms with Gasteiger partial charge in [0.05, 0.1) is 0 Å². The lowest BCUT2D eigenvalue weighted by molar-refractivity contribution is 0.0342. The van der Waals surface area contributed by atoms with Gasteiger partial charge in [-0.25, -0.2) is 0 Å². The minimum Gasteiger partial charge on any atom is -0.161 e. The average Bonchev–Trinajstić information content (AvgIpc) is 2.56. The van der Waals surface area contributed by atoms with Crippen LogP contribution in [0.2, 0.25) is 0 Å². The molecule has 13 heavy (non-hydrogen) atoms. The van der Waals surface area contributed by atoms with Gasteiger partial charge in [-0.15, -0.1) is 0 Å². The van der Waals surface area contributed by atoms with Crippen molar-refractivity contribution in [2.75, 3.05) is 11.5 Å². The summed E-state index contributed by atoms with van der Waals surface area (Å²) in [5.74, 6) is 2.91. The standard InChI is InChI=1S/C12H18S/c1-2-6-12-8-4-3-7-11(12,5-1)9-13-10-12/h1-2H,3-10H2/t11-,12-/m0/s1. The summed E-state index contributed by atoms with van der Waals surface area (Å²) < 4.78 is 0. The van der Waals surface area contributed by atoms with Gasteiger partial charge in [0.15, 0.2) is 0 Å². The Balaban J connectivity index is 2.02. The highest BCUT2D eigenvalue weighted by Crippen LogP contribution is 2.63. The second-order valence-corrected chi connectivity index (χ2v) is 6.13. The van der Waals surface area contributed by atoms with Crippen molar-refractivity contribution in [3.8, 4) is 0 Å². The predicted octanol–water partition coefficient (Wildman–Crippen LogP) is 3.63. The Morgan fingerprint density at radius 1 is 0.846 bits per heavy atom. The van der Waals surface area contributed by atoms with Crippen molar-refractivity contribution in [2.24, 2.45) is 10.8 Å². The molecule has 0 spiro atoms. The lowest BCUT2D eigenvalue weighted by atomic mass is 9.53. The monoisotopic (exact) mass is 194 g/mol. The summed E-state index contributed by atoms with van der Waals surface area (Å²) in [6, 6.07) is 0. The highest BCUT2D eigenvalue weighted by atomic mass is 32.2. The third kappa shape index (κ3) is 1.000. The topological polar surface area (TPSA) is 0 Å². The van der Waals surface area contributed by atoms with Gasteiger partial charge in [-0.05, 0) is 48.0 Å². The summed E-state index contributed by atoms with van der Waals surface area (Å²) in [5, 5.41) is 0. The Hall–Kier alpha value is 0.0900. The Kier molecular flexibility index (Phi) is 1.80. The van der Waals surface area contributed by atoms with Crippen LogP contribution in [0.1, 0.15) is 38.5 Å². The fourth-order valence-electron chi connectivity index (χ4n) is 3.72. The molecule has 3 aliphatic rings. The predicted molar refractivity (Wildman–Crippen MR) is 59.0 cm³/mol. The molecule has 72 valence electrons. The first-order valence-corrected chi connectivity index (χ1v) is 6.75. The maximum absolute atomic E-state index is 2.45. The van der Waals surface area contributed by atoms with E-state index in [0.29, 0.717) is 0 Å². The molecular formula is C12H18S. The van der Waals surface area contributed by atoms with Crippen LogP contribution in [0.5, 0.6) is 0 Å². The third-order valence-electron chi connectivity index (χ3n) is 4.63. The lowest BCUT2D eigenvalue weighted by Crippen LogP contribution is -2.44. The minimum absolute atomic E-state index is 0.741. The van der Waals surface area contributed by atoms with E-state index in [1.165, 1.54) is 50.0 Å². The molecule has 0 unspecified atom stereocenters. The van der Waals surface area contributed by atoms with Gasteiger partial charge in [-0.1, -0.05) is 25.0 Å². The summed E-state index contributed by atoms with van der Waals surface area (Å²) in [7, 11) is 0. The number of thioether (sulfide) groups is 1. The molecule has 0 N–H and O–H groups in total. The maximum atomic E-state index is 2.45. The largest absolute Gasteiger partial charge is 0.161 e. The van der Waals surface area contributed by atoms with Gasteiger partial charge in [-0.3, -0.25) is 0 Å². The molecule has 0 aromatic carbocycles. The highest BCUT2D eigenvalue weighted by molar-refractivity contribution is 7.99. The van der Waals surface area contributed by atoms with Crippen LogP contribution in [0.3, 0.4) is 0 Å². The van der Waals surface area contributed by atoms with Gasteiger partial charge in [0.2, 0.25) is 0 Å². The van der Waals surface area contributed by atoms with Gasteiger partial charge in [0.25, 0.3) is 0 Å². The first-order valence-electron chi connectivity index (χ1n) is 5.60. The first-order chi connectivity index (χ1) is 6.37. The second-order valence-electron chi connectivity index (χ2n) is 5.14. The van der Waals surface area contributed by atoms with Crippen molar-refractivity contribution in [2.45, 2.75) is 38.5 Å². The van der Waals surface area contributed by atoms with Crippen LogP contribution in [0.15, 0.2) is 12.2 Å². The zero-order chi connectivity index (χ0) is 8.78. The Morgan fingerprint density at radius 3 is 1.92 bits per heavy atom. The fraction of sp³-hybridized carbons (Fsp3) is 0.833. The molecular weight excluding hydrogens is 176 g/mol. The molecule has 1 aliphatic heterocycles. The normalized spacial score (nSPS) is 48.6. The fourth-order valence-corrected chi connectivity index (χ4v) is 5.74. The van der Waals surface area contributed by atoms with Crippen molar-refractivity contribution < 1.29 is 0 Å². The SMILES string of the molecule is C1=CC[C@@]23CCCC[C@@]2(C1)CSC3. The molecule has 0 aromatic heterocycles. The Bertz CT molecular complexity index is 222. The van der Waals surface area contributed by atoms with Gasteiger partial charge < -0.3 is 0 Å². The van der Waals surface area contributed by atoms with E-state index in [1.807, 2.05) is 0 Å². The van der Waals surface area contributed by atoms with Crippen molar-refractivity contribution in [3.05, 3.63) is 12.2 Å². The maximum Gasteiger partial charge on any atom is -0.000189 e. The molecule has 0 nitrogen and oxygen atoms in total. The number of rotatable bonds is 0. The van der Waals surface area contributed by atoms with Crippen molar-refractivity contribution >= 4 is 11.8 Å². The van der Waals surface area contributed by atoms with E-state index in [9.17, 15) is 0 Å². The number of allylic oxidation sites excluding steroid dienone is 2. The van der Waals surface area contributed by atoms with Crippen molar-refractivity contribution in [3.63, 3.8) is 0 Å². The van der Waals surface area contributed by atoms with Gasteiger partial charge in [-0.2, -0.15) is 11.8 Å². The Morgan fingerprint density at radius 2 is 1.38 bits per heavy atom. The summed E-state index contributed by atoms with van der Waals surface area (Å²) in [6.07, 6.45) is 13.7. The molecule has 1 saturated heterocycles. The molecule has 0 radical (unpaired) electrons. The molecule has 3 rings (SSSR count). The molecule has 1 heteroatoms. The van der Waals surface area contributed by atoms with Crippen LogP contribution >= 0.6 is 11.8 Å². The van der Waals surface area contributed by atoms with E-state index < -0.39 is 0 Å². The molecule has 2 atom stereocenters. The second kappa shape index (κ2) is 2.79. The summed E-state index contributed by atoms with van der Waals surface area (Å²) in [4.78, 5) is 0. The van der Waals surface area contributed by atoms with Gasteiger partial charge in [0, 0.05) is 0 Å². The highest BCUT2D eigenvalue weighted by Gasteiger charge is 2.55. The summed E-state index contributed by atoms with van der Waals surface area (Å²) in [6.45, 7) is 0. The van der Waals surface area contributed by atoms with E-state index in [1.54, 1.807) is 0 Å². The van der Waals surface area contributed by atoms with E-state index in [0.717, 1.165) is 10.8 Å². The number of hydrogen-bond acceptors (Lipinski definition) is 1. The van der Waals surface area contributed by atoms with Crippen LogP contribution in [0, 0.1) is 10.8 Å². The molecule has 2 fully saturated rings. The van der Waals surface area contributed by atoms with Crippen molar-refractivity contribution in [1.29, 1.82) is 0 Å². The molecule has 2 aliphatic carbocycles. The molecule has 1 heterocycles. The molecule has 1 saturated carbocycles. The molecule has 0 aromatic rings. The van der Waals surface area contributed by atoms with Crippen LogP contribution < -0.4 is 0 Å². The van der Waals surface area contributed by atoms with Crippen LogP contribution in [0.4, 0.5) is 0 Å². The third-order valence-corrected chi connectivity index (χ3v) is 6.14. The number of hydrogen-bond donors (Lipinski definition) is 0. The van der Waals surface area contributed by atoms with Gasteiger partial charge in [0.1, 0.15) is 0 Å². The minimum atomic E-state index is 0.741. The Labute approximate surface area is 85.2 Å². The smallest absolute Gasteiger partial charge is 0.000189 e. The van der Waals surface area contributed by atoms with E-state index >= 15 is 0 Å². The van der Waals surface area contributed by atoms with Crippen LogP contribution in [-0.2, 0) is 0 Å². The lowest BCUT2D eigenvalue weighted by Gasteiger charge is -2.50. The quantitative estimate of drug-likeness (QED) is 0.531. The zero-order valence-electron chi connectivity index (χ0n) is 8.22. The van der Waals surface area contributed by atoms with Crippen LogP contribution in [-0.4, -0.2) is 11.5 Å².